The third-order valence-corrected chi connectivity index (χ3v) is 2.05. The summed E-state index contributed by atoms with van der Waals surface area (Å²) < 4.78 is 7.96. The molecule has 4 heteroatoms. The molecule has 0 amide bonds. The fraction of sp³-hybridized carbons (Fsp3) is 0.125. The van der Waals surface area contributed by atoms with Gasteiger partial charge in [0.2, 0.25) is 5.88 Å². The van der Waals surface area contributed by atoms with Crippen LogP contribution in [0.15, 0.2) is 33.6 Å². The smallest absolute Gasteiger partial charge is 0.206 e. The zero-order valence-corrected chi connectivity index (χ0v) is 8.08. The SMILES string of the molecule is Cc1nccn1-c1ccc(Br)o1. The van der Waals surface area contributed by atoms with Crippen molar-refractivity contribution in [3.63, 3.8) is 0 Å². The lowest BCUT2D eigenvalue weighted by molar-refractivity contribution is 0.513. The molecule has 0 aliphatic carbocycles. The molecule has 3 nitrogen and oxygen atoms in total. The number of rotatable bonds is 1. The molecule has 0 spiro atoms. The van der Waals surface area contributed by atoms with E-state index in [0.29, 0.717) is 0 Å². The van der Waals surface area contributed by atoms with Gasteiger partial charge in [0.1, 0.15) is 5.82 Å². The largest absolute Gasteiger partial charge is 0.433 e. The van der Waals surface area contributed by atoms with E-state index in [1.807, 2.05) is 29.8 Å². The van der Waals surface area contributed by atoms with Crippen molar-refractivity contribution in [2.75, 3.05) is 0 Å². The van der Waals surface area contributed by atoms with Crippen molar-refractivity contribution in [1.82, 2.24) is 9.55 Å². The number of aromatic nitrogens is 2. The van der Waals surface area contributed by atoms with Gasteiger partial charge in [-0.25, -0.2) is 4.98 Å². The summed E-state index contributed by atoms with van der Waals surface area (Å²) in [7, 11) is 0. The first kappa shape index (κ1) is 7.61. The molecule has 0 saturated heterocycles. The fourth-order valence-electron chi connectivity index (χ4n) is 1.05. The van der Waals surface area contributed by atoms with Gasteiger partial charge >= 0.3 is 0 Å². The molecule has 0 aromatic carbocycles. The molecule has 0 radical (unpaired) electrons. The molecule has 0 unspecified atom stereocenters. The van der Waals surface area contributed by atoms with Crippen LogP contribution in [0.25, 0.3) is 5.88 Å². The van der Waals surface area contributed by atoms with Crippen LogP contribution in [0.2, 0.25) is 0 Å². The molecule has 2 rings (SSSR count). The van der Waals surface area contributed by atoms with E-state index in [1.165, 1.54) is 0 Å². The van der Waals surface area contributed by atoms with E-state index in [0.717, 1.165) is 16.4 Å². The lowest BCUT2D eigenvalue weighted by Crippen LogP contribution is -1.92. The van der Waals surface area contributed by atoms with E-state index in [9.17, 15) is 0 Å². The normalized spacial score (nSPS) is 10.5. The number of aryl methyl sites for hydroxylation is 1. The lowest BCUT2D eigenvalue weighted by Gasteiger charge is -1.97. The molecule has 62 valence electrons. The Morgan fingerprint density at radius 2 is 2.33 bits per heavy atom. The van der Waals surface area contributed by atoms with Gasteiger partial charge in [-0.05, 0) is 28.9 Å². The van der Waals surface area contributed by atoms with Gasteiger partial charge in [0.25, 0.3) is 0 Å². The number of furan rings is 1. The van der Waals surface area contributed by atoms with E-state index in [1.54, 1.807) is 6.20 Å². The Bertz CT molecular complexity index is 391. The molecular formula is C8H7BrN2O. The molecule has 2 aromatic heterocycles. The second kappa shape index (κ2) is 2.79. The van der Waals surface area contributed by atoms with Gasteiger partial charge in [0.05, 0.1) is 0 Å². The molecule has 0 fully saturated rings. The Hall–Kier alpha value is -1.03. The third kappa shape index (κ3) is 1.18. The molecular weight excluding hydrogens is 220 g/mol. The van der Waals surface area contributed by atoms with Crippen LogP contribution >= 0.6 is 15.9 Å². The maximum atomic E-state index is 5.35. The topological polar surface area (TPSA) is 31.0 Å². The second-order valence-electron chi connectivity index (χ2n) is 2.42. The summed E-state index contributed by atoms with van der Waals surface area (Å²) in [5.74, 6) is 1.69. The minimum Gasteiger partial charge on any atom is -0.433 e. The molecule has 0 bridgehead atoms. The van der Waals surface area contributed by atoms with Crippen LogP contribution in [0.5, 0.6) is 0 Å². The predicted molar refractivity (Wildman–Crippen MR) is 48.3 cm³/mol. The highest BCUT2D eigenvalue weighted by Crippen LogP contribution is 2.18. The number of hydrogen-bond donors (Lipinski definition) is 0. The van der Waals surface area contributed by atoms with Gasteiger partial charge in [-0.2, -0.15) is 0 Å². The van der Waals surface area contributed by atoms with E-state index < -0.39 is 0 Å². The van der Waals surface area contributed by atoms with Gasteiger partial charge in [0.15, 0.2) is 4.67 Å². The van der Waals surface area contributed by atoms with Crippen molar-refractivity contribution >= 4 is 15.9 Å². The first-order chi connectivity index (χ1) is 5.77. The predicted octanol–water partition coefficient (Wildman–Crippen LogP) is 2.54. The monoisotopic (exact) mass is 226 g/mol. The maximum absolute atomic E-state index is 5.35. The highest BCUT2D eigenvalue weighted by atomic mass is 79.9. The molecule has 0 aliphatic heterocycles. The summed E-state index contributed by atoms with van der Waals surface area (Å²) in [5.41, 5.74) is 0. The zero-order valence-electron chi connectivity index (χ0n) is 6.49. The molecule has 0 N–H and O–H groups in total. The Morgan fingerprint density at radius 3 is 2.83 bits per heavy atom. The minimum absolute atomic E-state index is 0.727. The number of hydrogen-bond acceptors (Lipinski definition) is 2. The van der Waals surface area contributed by atoms with Crippen molar-refractivity contribution in [3.8, 4) is 5.88 Å². The average Bonchev–Trinajstić information content (AvgIpc) is 2.58. The van der Waals surface area contributed by atoms with Crippen LogP contribution < -0.4 is 0 Å². The molecule has 0 saturated carbocycles. The van der Waals surface area contributed by atoms with E-state index >= 15 is 0 Å². The summed E-state index contributed by atoms with van der Waals surface area (Å²) in [6.07, 6.45) is 3.60. The highest BCUT2D eigenvalue weighted by Gasteiger charge is 2.03. The van der Waals surface area contributed by atoms with Crippen molar-refractivity contribution in [2.24, 2.45) is 0 Å². The van der Waals surface area contributed by atoms with Crippen LogP contribution in [-0.4, -0.2) is 9.55 Å². The van der Waals surface area contributed by atoms with Gasteiger partial charge in [-0.3, -0.25) is 4.57 Å². The van der Waals surface area contributed by atoms with Gasteiger partial charge < -0.3 is 4.42 Å². The Morgan fingerprint density at radius 1 is 1.50 bits per heavy atom. The summed E-state index contributed by atoms with van der Waals surface area (Å²) in [6.45, 7) is 1.93. The van der Waals surface area contributed by atoms with E-state index in [2.05, 4.69) is 20.9 Å². The van der Waals surface area contributed by atoms with E-state index in [-0.39, 0.29) is 0 Å². The van der Waals surface area contributed by atoms with Gasteiger partial charge in [-0.1, -0.05) is 0 Å². The quantitative estimate of drug-likeness (QED) is 0.749. The summed E-state index contributed by atoms with van der Waals surface area (Å²) in [6, 6.07) is 3.74. The van der Waals surface area contributed by atoms with Crippen LogP contribution in [0.3, 0.4) is 0 Å². The average molecular weight is 227 g/mol. The Kier molecular flexibility index (Phi) is 1.77. The Balaban J connectivity index is 2.50. The molecule has 0 aliphatic rings. The molecule has 2 aromatic rings. The lowest BCUT2D eigenvalue weighted by atomic mass is 10.6. The van der Waals surface area contributed by atoms with Gasteiger partial charge in [-0.15, -0.1) is 0 Å². The van der Waals surface area contributed by atoms with Crippen LogP contribution in [-0.2, 0) is 0 Å². The molecule has 12 heavy (non-hydrogen) atoms. The number of halogens is 1. The zero-order chi connectivity index (χ0) is 8.55. The van der Waals surface area contributed by atoms with Crippen LogP contribution in [0.1, 0.15) is 5.82 Å². The van der Waals surface area contributed by atoms with E-state index in [4.69, 9.17) is 4.42 Å². The summed E-state index contributed by atoms with van der Waals surface area (Å²) in [5, 5.41) is 0. The van der Waals surface area contributed by atoms with Crippen LogP contribution in [0, 0.1) is 6.92 Å². The third-order valence-electron chi connectivity index (χ3n) is 1.62. The summed E-state index contributed by atoms with van der Waals surface area (Å²) >= 11 is 3.24. The number of imidazole rings is 1. The molecule has 2 heterocycles. The minimum atomic E-state index is 0.727. The van der Waals surface area contributed by atoms with Gasteiger partial charge in [0, 0.05) is 18.5 Å². The molecule has 0 atom stereocenters. The maximum Gasteiger partial charge on any atom is 0.206 e. The highest BCUT2D eigenvalue weighted by molar-refractivity contribution is 9.10. The fourth-order valence-corrected chi connectivity index (χ4v) is 1.34. The second-order valence-corrected chi connectivity index (χ2v) is 3.20. The van der Waals surface area contributed by atoms with Crippen LogP contribution in [0.4, 0.5) is 0 Å². The van der Waals surface area contributed by atoms with Crippen molar-refractivity contribution in [2.45, 2.75) is 6.92 Å². The first-order valence-corrected chi connectivity index (χ1v) is 4.32. The van der Waals surface area contributed by atoms with Crippen molar-refractivity contribution in [3.05, 3.63) is 35.0 Å². The standard InChI is InChI=1S/C8H7BrN2O/c1-6-10-4-5-11(6)8-3-2-7(9)12-8/h2-5H,1H3. The first-order valence-electron chi connectivity index (χ1n) is 3.53. The number of nitrogens with zero attached hydrogens (tertiary/aromatic N) is 2. The van der Waals surface area contributed by atoms with Crippen molar-refractivity contribution in [1.29, 1.82) is 0 Å². The summed E-state index contributed by atoms with van der Waals surface area (Å²) in [4.78, 5) is 4.09. The van der Waals surface area contributed by atoms with Crippen molar-refractivity contribution < 1.29 is 4.42 Å². The Labute approximate surface area is 78.2 Å².